The average molecular weight is 522 g/mol. The maximum atomic E-state index is 9.30. The predicted molar refractivity (Wildman–Crippen MR) is 147 cm³/mol. The van der Waals surface area contributed by atoms with E-state index in [1.807, 2.05) is 54.1 Å². The summed E-state index contributed by atoms with van der Waals surface area (Å²) >= 11 is 6.36. The summed E-state index contributed by atoms with van der Waals surface area (Å²) < 4.78 is 3.46. The van der Waals surface area contributed by atoms with Gasteiger partial charge in [-0.2, -0.15) is 15.0 Å². The Morgan fingerprint density at radius 2 is 2.03 bits per heavy atom. The first-order valence-electron chi connectivity index (χ1n) is 11.7. The van der Waals surface area contributed by atoms with E-state index >= 15 is 0 Å². The Labute approximate surface area is 224 Å². The Morgan fingerprint density at radius 3 is 2.63 bits per heavy atom. The van der Waals surface area contributed by atoms with E-state index in [2.05, 4.69) is 51.0 Å². The van der Waals surface area contributed by atoms with E-state index in [9.17, 15) is 5.26 Å². The first-order chi connectivity index (χ1) is 18.5. The predicted octanol–water partition coefficient (Wildman–Crippen LogP) is 1.86. The summed E-state index contributed by atoms with van der Waals surface area (Å²) in [5, 5.41) is 27.8. The lowest BCUT2D eigenvalue weighted by Gasteiger charge is -2.15. The van der Waals surface area contributed by atoms with Crippen LogP contribution in [0, 0.1) is 11.3 Å². The summed E-state index contributed by atoms with van der Waals surface area (Å²) in [6.07, 6.45) is 7.29. The summed E-state index contributed by atoms with van der Waals surface area (Å²) in [6, 6.07) is 17.0. The van der Waals surface area contributed by atoms with E-state index in [1.165, 1.54) is 0 Å². The van der Waals surface area contributed by atoms with Crippen molar-refractivity contribution in [2.75, 3.05) is 7.05 Å². The maximum absolute atomic E-state index is 9.30. The molecule has 2 unspecified atom stereocenters. The molecule has 1 aliphatic heterocycles. The molecule has 0 amide bonds. The summed E-state index contributed by atoms with van der Waals surface area (Å²) in [5.41, 5.74) is 2.76. The number of nitrogens with zero attached hydrogens (tertiary/aromatic N) is 8. The third kappa shape index (κ3) is 4.16. The lowest BCUT2D eigenvalue weighted by molar-refractivity contribution is 0.672. The van der Waals surface area contributed by atoms with Crippen molar-refractivity contribution in [2.45, 2.75) is 11.6 Å². The molecule has 2 aromatic heterocycles. The second-order valence-corrected chi connectivity index (χ2v) is 9.14. The fraction of sp³-hybridized carbons (Fsp3) is 0.143. The number of halogens is 1. The Balaban J connectivity index is 1.83. The van der Waals surface area contributed by atoms with Gasteiger partial charge in [0.1, 0.15) is 11.9 Å². The minimum Gasteiger partial charge on any atom is -0.319 e. The molecule has 1 fully saturated rings. The van der Waals surface area contributed by atoms with Crippen LogP contribution in [0.3, 0.4) is 0 Å². The van der Waals surface area contributed by atoms with Gasteiger partial charge in [0.15, 0.2) is 5.82 Å². The van der Waals surface area contributed by atoms with E-state index in [0.717, 1.165) is 22.2 Å². The molecule has 9 nitrogen and oxygen atoms in total. The highest BCUT2D eigenvalue weighted by molar-refractivity contribution is 6.30. The number of aryl methyl sites for hydroxylation is 1. The molecule has 188 valence electrons. The van der Waals surface area contributed by atoms with Crippen molar-refractivity contribution in [2.24, 2.45) is 17.1 Å². The van der Waals surface area contributed by atoms with Crippen LogP contribution in [0.2, 0.25) is 5.02 Å². The fourth-order valence-corrected chi connectivity index (χ4v) is 4.90. The SMILES string of the molecule is C=C/C=c1\c(=C/C2NC2(c2ccc(C#N)cc2)c2nncn2C)c(-c2cccc(Cl)c2)nc(=NC)n1N=C. The highest BCUT2D eigenvalue weighted by Gasteiger charge is 2.58. The highest BCUT2D eigenvalue weighted by Crippen LogP contribution is 2.44. The summed E-state index contributed by atoms with van der Waals surface area (Å²) in [7, 11) is 3.56. The standard InChI is InChI=1S/C28H24ClN9/c1-5-7-23-22(25(19-8-6-9-21(29)14-19)34-27(31-2)38(23)32-3)15-24-28(35-24,26-36-33-17-37(26)4)20-12-10-18(16-30)11-13-20/h5-15,17,24,35H,1,3H2,2,4H3/b22-15+,23-7+,31-27?. The third-order valence-corrected chi connectivity index (χ3v) is 6.74. The van der Waals surface area contributed by atoms with E-state index in [-0.39, 0.29) is 6.04 Å². The Morgan fingerprint density at radius 1 is 1.24 bits per heavy atom. The number of hydrogen-bond acceptors (Lipinski definition) is 7. The normalized spacial score (nSPS) is 19.8. The van der Waals surface area contributed by atoms with Gasteiger partial charge in [-0.25, -0.2) is 4.98 Å². The zero-order valence-corrected chi connectivity index (χ0v) is 21.6. The summed E-state index contributed by atoms with van der Waals surface area (Å²) in [5.74, 6) is 0.741. The third-order valence-electron chi connectivity index (χ3n) is 6.51. The van der Waals surface area contributed by atoms with Crippen molar-refractivity contribution >= 4 is 30.5 Å². The number of allylic oxidation sites excluding steroid dienone is 1. The first-order valence-corrected chi connectivity index (χ1v) is 12.1. The van der Waals surface area contributed by atoms with E-state index < -0.39 is 5.54 Å². The smallest absolute Gasteiger partial charge is 0.246 e. The van der Waals surface area contributed by atoms with Crippen molar-refractivity contribution in [3.05, 3.63) is 106 Å². The van der Waals surface area contributed by atoms with Gasteiger partial charge in [0.25, 0.3) is 0 Å². The van der Waals surface area contributed by atoms with Crippen LogP contribution in [0.5, 0.6) is 0 Å². The molecule has 38 heavy (non-hydrogen) atoms. The van der Waals surface area contributed by atoms with Gasteiger partial charge in [0.05, 0.1) is 28.7 Å². The molecule has 1 N–H and O–H groups in total. The highest BCUT2D eigenvalue weighted by atomic mass is 35.5. The first kappa shape index (κ1) is 25.0. The minimum absolute atomic E-state index is 0.197. The van der Waals surface area contributed by atoms with Crippen LogP contribution in [0.4, 0.5) is 0 Å². The maximum Gasteiger partial charge on any atom is 0.246 e. The van der Waals surface area contributed by atoms with Crippen molar-refractivity contribution < 1.29 is 0 Å². The van der Waals surface area contributed by atoms with Crippen molar-refractivity contribution in [3.63, 3.8) is 0 Å². The average Bonchev–Trinajstić information content (AvgIpc) is 3.48. The monoisotopic (exact) mass is 521 g/mol. The zero-order chi connectivity index (χ0) is 26.9. The van der Waals surface area contributed by atoms with Crippen LogP contribution in [-0.4, -0.2) is 44.2 Å². The molecule has 10 heteroatoms. The van der Waals surface area contributed by atoms with Crippen LogP contribution in [0.15, 0.2) is 77.6 Å². The van der Waals surface area contributed by atoms with Crippen LogP contribution in [0.1, 0.15) is 17.0 Å². The molecule has 4 aromatic rings. The largest absolute Gasteiger partial charge is 0.319 e. The van der Waals surface area contributed by atoms with Gasteiger partial charge in [-0.3, -0.25) is 10.3 Å². The molecule has 5 rings (SSSR count). The van der Waals surface area contributed by atoms with E-state index in [1.54, 1.807) is 36.3 Å². The molecular weight excluding hydrogens is 498 g/mol. The second-order valence-electron chi connectivity index (χ2n) is 8.70. The summed E-state index contributed by atoms with van der Waals surface area (Å²) in [4.78, 5) is 9.17. The van der Waals surface area contributed by atoms with Gasteiger partial charge in [-0.1, -0.05) is 54.6 Å². The number of benzene rings is 2. The van der Waals surface area contributed by atoms with Gasteiger partial charge in [0.2, 0.25) is 5.62 Å². The van der Waals surface area contributed by atoms with E-state index in [0.29, 0.717) is 27.2 Å². The quantitative estimate of drug-likeness (QED) is 0.307. The molecule has 1 saturated heterocycles. The van der Waals surface area contributed by atoms with Crippen molar-refractivity contribution in [1.29, 1.82) is 5.26 Å². The molecule has 3 heterocycles. The van der Waals surface area contributed by atoms with Gasteiger partial charge < -0.3 is 4.57 Å². The zero-order valence-electron chi connectivity index (χ0n) is 20.9. The molecule has 0 bridgehead atoms. The number of rotatable bonds is 6. The van der Waals surface area contributed by atoms with Gasteiger partial charge in [-0.05, 0) is 35.9 Å². The Kier molecular flexibility index (Phi) is 6.59. The molecule has 0 aliphatic carbocycles. The fourth-order valence-electron chi connectivity index (χ4n) is 4.71. The molecule has 1 aliphatic rings. The number of hydrogen-bond donors (Lipinski definition) is 1. The molecule has 2 aromatic carbocycles. The molecular formula is C28H24ClN9. The Hall–Kier alpha value is -4.65. The van der Waals surface area contributed by atoms with Crippen LogP contribution < -0.4 is 21.5 Å². The molecule has 2 atom stereocenters. The molecule has 0 saturated carbocycles. The number of nitrogens with one attached hydrogen (secondary N) is 1. The second kappa shape index (κ2) is 10.0. The van der Waals surface area contributed by atoms with Crippen LogP contribution in [-0.2, 0) is 12.6 Å². The van der Waals surface area contributed by atoms with Gasteiger partial charge in [-0.15, -0.1) is 10.2 Å². The Bertz CT molecular complexity index is 1790. The van der Waals surface area contributed by atoms with E-state index in [4.69, 9.17) is 16.6 Å². The van der Waals surface area contributed by atoms with Crippen molar-refractivity contribution in [1.82, 2.24) is 29.7 Å². The lowest BCUT2D eigenvalue weighted by atomic mass is 9.92. The lowest BCUT2D eigenvalue weighted by Crippen LogP contribution is -2.45. The van der Waals surface area contributed by atoms with Crippen LogP contribution >= 0.6 is 11.6 Å². The van der Waals surface area contributed by atoms with Crippen LogP contribution in [0.25, 0.3) is 23.4 Å². The molecule has 0 spiro atoms. The number of aromatic nitrogens is 5. The van der Waals surface area contributed by atoms with Gasteiger partial charge >= 0.3 is 0 Å². The molecule has 0 radical (unpaired) electrons. The van der Waals surface area contributed by atoms with Crippen molar-refractivity contribution in [3.8, 4) is 17.3 Å². The number of nitriles is 1. The van der Waals surface area contributed by atoms with Gasteiger partial charge in [0, 0.05) is 36.6 Å². The summed E-state index contributed by atoms with van der Waals surface area (Å²) in [6.45, 7) is 7.64. The topological polar surface area (TPSA) is 119 Å². The minimum atomic E-state index is -0.670.